The van der Waals surface area contributed by atoms with E-state index in [4.69, 9.17) is 0 Å². The van der Waals surface area contributed by atoms with Crippen LogP contribution < -0.4 is 10.6 Å². The van der Waals surface area contributed by atoms with Crippen LogP contribution in [0.1, 0.15) is 5.69 Å². The summed E-state index contributed by atoms with van der Waals surface area (Å²) < 4.78 is 0. The fraction of sp³-hybridized carbons (Fsp3) is 0. The zero-order chi connectivity index (χ0) is 6.10. The number of hydrogen-bond acceptors (Lipinski definition) is 3. The van der Waals surface area contributed by atoms with Crippen molar-refractivity contribution in [1.29, 1.82) is 0 Å². The highest BCUT2D eigenvalue weighted by molar-refractivity contribution is 7.37. The molecule has 0 fully saturated rings. The van der Waals surface area contributed by atoms with Gasteiger partial charge in [-0.05, 0) is 0 Å². The molecule has 2 heterocycles. The van der Waals surface area contributed by atoms with Crippen molar-refractivity contribution >= 4 is 19.8 Å². The van der Waals surface area contributed by atoms with Gasteiger partial charge in [0.1, 0.15) is 0 Å². The largest absolute Gasteiger partial charge is 0.310 e. The summed E-state index contributed by atoms with van der Waals surface area (Å²) in [4.78, 5) is 0. The van der Waals surface area contributed by atoms with Crippen molar-refractivity contribution in [2.75, 3.05) is 5.43 Å². The molecule has 1 aliphatic rings. The molecule has 0 atom stereocenters. The maximum Gasteiger partial charge on any atom is 0.0952 e. The van der Waals surface area contributed by atoms with E-state index in [0.717, 1.165) is 19.7 Å². The van der Waals surface area contributed by atoms with Crippen molar-refractivity contribution < 1.29 is 0 Å². The van der Waals surface area contributed by atoms with Gasteiger partial charge >= 0.3 is 0 Å². The Morgan fingerprint density at radius 1 is 1.56 bits per heavy atom. The Morgan fingerprint density at radius 3 is 3.44 bits per heavy atom. The van der Waals surface area contributed by atoms with Crippen molar-refractivity contribution in [3.05, 3.63) is 11.9 Å². The van der Waals surface area contributed by atoms with Crippen molar-refractivity contribution in [2.24, 2.45) is 0 Å². The quantitative estimate of drug-likeness (QED) is 0.456. The standard InChI is InChI=1S/C4H5N4P/c1-3-4(6-5-1)2-9-8-7-3/h1-2,7-8H,(H,5,6). The first-order valence-corrected chi connectivity index (χ1v) is 3.50. The molecular formula is C4H5N4P. The summed E-state index contributed by atoms with van der Waals surface area (Å²) in [6, 6.07) is 0. The molecule has 46 valence electrons. The van der Waals surface area contributed by atoms with Crippen LogP contribution in [0, 0.1) is 0 Å². The maximum atomic E-state index is 3.84. The van der Waals surface area contributed by atoms with E-state index < -0.39 is 0 Å². The lowest BCUT2D eigenvalue weighted by atomic mass is 10.4. The number of fused-ring (bicyclic) bond motifs is 1. The molecular weight excluding hydrogens is 135 g/mol. The summed E-state index contributed by atoms with van der Waals surface area (Å²) in [7, 11) is 1.06. The minimum Gasteiger partial charge on any atom is -0.310 e. The van der Waals surface area contributed by atoms with Gasteiger partial charge in [-0.3, -0.25) is 5.10 Å². The van der Waals surface area contributed by atoms with Gasteiger partial charge in [0.2, 0.25) is 0 Å². The molecule has 0 aliphatic carbocycles. The van der Waals surface area contributed by atoms with Crippen LogP contribution in [0.3, 0.4) is 0 Å². The summed E-state index contributed by atoms with van der Waals surface area (Å²) in [5.74, 6) is 2.01. The Hall–Kier alpha value is -0.860. The second-order valence-corrected chi connectivity index (χ2v) is 2.43. The van der Waals surface area contributed by atoms with Crippen LogP contribution in [0.5, 0.6) is 0 Å². The van der Waals surface area contributed by atoms with E-state index in [0.29, 0.717) is 0 Å². The van der Waals surface area contributed by atoms with Crippen LogP contribution in [0.25, 0.3) is 0 Å². The highest BCUT2D eigenvalue weighted by Crippen LogP contribution is 2.13. The monoisotopic (exact) mass is 140 g/mol. The summed E-state index contributed by atoms with van der Waals surface area (Å²) in [5, 5.41) is 9.62. The third-order valence-electron chi connectivity index (χ3n) is 1.12. The van der Waals surface area contributed by atoms with Gasteiger partial charge in [-0.1, -0.05) is 0 Å². The minimum absolute atomic E-state index is 1.01. The SMILES string of the molecule is C1=PNNc2cn[nH]c21. The van der Waals surface area contributed by atoms with Crippen LogP contribution in [0.2, 0.25) is 0 Å². The fourth-order valence-corrected chi connectivity index (χ4v) is 1.26. The Morgan fingerprint density at radius 2 is 2.56 bits per heavy atom. The van der Waals surface area contributed by atoms with Crippen LogP contribution in [0.4, 0.5) is 5.69 Å². The molecule has 3 N–H and O–H groups in total. The van der Waals surface area contributed by atoms with Crippen LogP contribution >= 0.6 is 8.35 Å². The topological polar surface area (TPSA) is 52.7 Å². The normalized spacial score (nSPS) is 16.4. The second-order valence-electron chi connectivity index (χ2n) is 1.69. The lowest BCUT2D eigenvalue weighted by molar-refractivity contribution is 1.08. The molecule has 1 aliphatic heterocycles. The third kappa shape index (κ3) is 0.724. The average molecular weight is 140 g/mol. The number of hydrogen-bond donors (Lipinski definition) is 3. The maximum absolute atomic E-state index is 3.84. The van der Waals surface area contributed by atoms with Crippen molar-refractivity contribution in [1.82, 2.24) is 15.4 Å². The lowest BCUT2D eigenvalue weighted by Gasteiger charge is -2.05. The Kier molecular flexibility index (Phi) is 1.01. The lowest BCUT2D eigenvalue weighted by Crippen LogP contribution is -2.13. The average Bonchev–Trinajstić information content (AvgIpc) is 2.33. The van der Waals surface area contributed by atoms with E-state index in [1.54, 1.807) is 6.20 Å². The molecule has 0 spiro atoms. The van der Waals surface area contributed by atoms with Gasteiger partial charge in [0, 0.05) is 14.2 Å². The number of aromatic amines is 1. The molecule has 2 rings (SSSR count). The number of H-pyrrole nitrogens is 1. The minimum atomic E-state index is 1.01. The molecule has 0 radical (unpaired) electrons. The number of aromatic nitrogens is 2. The molecule has 4 nitrogen and oxygen atoms in total. The molecule has 0 bridgehead atoms. The number of anilines is 1. The fourth-order valence-electron chi connectivity index (χ4n) is 0.683. The first-order chi connectivity index (χ1) is 4.47. The van der Waals surface area contributed by atoms with Gasteiger partial charge in [0.15, 0.2) is 0 Å². The van der Waals surface area contributed by atoms with Gasteiger partial charge in [-0.25, -0.2) is 0 Å². The summed E-state index contributed by atoms with van der Waals surface area (Å²) in [6.45, 7) is 0. The number of nitrogens with one attached hydrogen (secondary N) is 3. The zero-order valence-electron chi connectivity index (χ0n) is 4.55. The third-order valence-corrected chi connectivity index (χ3v) is 1.75. The van der Waals surface area contributed by atoms with Gasteiger partial charge in [0.25, 0.3) is 0 Å². The highest BCUT2D eigenvalue weighted by atomic mass is 31.1. The van der Waals surface area contributed by atoms with E-state index in [-0.39, 0.29) is 0 Å². The first kappa shape index (κ1) is 4.97. The first-order valence-electron chi connectivity index (χ1n) is 2.54. The summed E-state index contributed by atoms with van der Waals surface area (Å²) in [6.07, 6.45) is 1.74. The molecule has 0 saturated carbocycles. The Balaban J connectivity index is 2.53. The predicted octanol–water partition coefficient (Wildman–Crippen LogP) is 0.351. The molecule has 5 heteroatoms. The van der Waals surface area contributed by atoms with Crippen molar-refractivity contribution in [3.63, 3.8) is 0 Å². The van der Waals surface area contributed by atoms with E-state index in [1.807, 2.05) is 5.80 Å². The van der Waals surface area contributed by atoms with Crippen molar-refractivity contribution in [2.45, 2.75) is 0 Å². The Bertz CT molecular complexity index is 240. The number of nitrogens with zero attached hydrogens (tertiary/aromatic N) is 1. The number of hydrazine groups is 1. The predicted molar refractivity (Wildman–Crippen MR) is 37.4 cm³/mol. The van der Waals surface area contributed by atoms with E-state index in [2.05, 4.69) is 20.8 Å². The number of rotatable bonds is 0. The molecule has 0 amide bonds. The van der Waals surface area contributed by atoms with Crippen LogP contribution in [0.15, 0.2) is 6.20 Å². The van der Waals surface area contributed by atoms with Crippen LogP contribution in [-0.4, -0.2) is 16.0 Å². The molecule has 0 unspecified atom stereocenters. The zero-order valence-corrected chi connectivity index (χ0v) is 5.44. The summed E-state index contributed by atoms with van der Waals surface area (Å²) >= 11 is 0. The van der Waals surface area contributed by atoms with Gasteiger partial charge in [-0.2, -0.15) is 10.3 Å². The summed E-state index contributed by atoms with van der Waals surface area (Å²) in [5.41, 5.74) is 5.01. The molecule has 9 heavy (non-hydrogen) atoms. The van der Waals surface area contributed by atoms with Gasteiger partial charge in [0.05, 0.1) is 17.6 Å². The smallest absolute Gasteiger partial charge is 0.0952 e. The molecule has 0 saturated heterocycles. The van der Waals surface area contributed by atoms with E-state index in [1.165, 1.54) is 0 Å². The van der Waals surface area contributed by atoms with E-state index >= 15 is 0 Å². The van der Waals surface area contributed by atoms with E-state index in [9.17, 15) is 0 Å². The second kappa shape index (κ2) is 1.83. The van der Waals surface area contributed by atoms with Gasteiger partial charge < -0.3 is 5.43 Å². The van der Waals surface area contributed by atoms with Gasteiger partial charge in [-0.15, -0.1) is 0 Å². The van der Waals surface area contributed by atoms with Crippen LogP contribution in [-0.2, 0) is 0 Å². The Labute approximate surface area is 53.5 Å². The molecule has 0 aromatic carbocycles. The molecule has 1 aromatic heterocycles. The van der Waals surface area contributed by atoms with Crippen molar-refractivity contribution in [3.8, 4) is 0 Å². The highest BCUT2D eigenvalue weighted by Gasteiger charge is 2.02. The molecule has 1 aromatic rings.